The monoisotopic (exact) mass is 875 g/mol. The van der Waals surface area contributed by atoms with Crippen LogP contribution in [0.2, 0.25) is 0 Å². The molecule has 0 amide bonds. The third-order valence-electron chi connectivity index (χ3n) is 9.18. The van der Waals surface area contributed by atoms with Gasteiger partial charge in [-0.05, 0) is 101 Å². The first-order valence-electron chi connectivity index (χ1n) is 17.8. The van der Waals surface area contributed by atoms with Crippen LogP contribution >= 0.6 is 94.1 Å². The largest absolute Gasteiger partial charge is 0.287 e. The molecule has 0 aliphatic carbocycles. The minimum atomic E-state index is 0.744. The fraction of sp³-hybridized carbons (Fsp3) is 0.156. The van der Waals surface area contributed by atoms with Crippen LogP contribution in [0.15, 0.2) is 132 Å². The van der Waals surface area contributed by atoms with E-state index < -0.39 is 0 Å². The van der Waals surface area contributed by atoms with Crippen LogP contribution in [0, 0.1) is 11.8 Å². The molecule has 0 N–H and O–H groups in total. The summed E-state index contributed by atoms with van der Waals surface area (Å²) in [5, 5.41) is 7.79. The van der Waals surface area contributed by atoms with Crippen LogP contribution in [-0.4, -0.2) is 39.9 Å². The van der Waals surface area contributed by atoms with Crippen molar-refractivity contribution >= 4 is 124 Å². The highest BCUT2D eigenvalue weighted by Gasteiger charge is 2.25. The van der Waals surface area contributed by atoms with E-state index in [1.807, 2.05) is 131 Å². The molecule has 4 heterocycles. The van der Waals surface area contributed by atoms with Crippen molar-refractivity contribution in [2.45, 2.75) is 19.6 Å². The molecule has 0 bridgehead atoms. The third kappa shape index (κ3) is 8.95. The van der Waals surface area contributed by atoms with Gasteiger partial charge >= 0.3 is 0 Å². The summed E-state index contributed by atoms with van der Waals surface area (Å²) in [6.45, 7) is 2.27. The van der Waals surface area contributed by atoms with Crippen molar-refractivity contribution < 1.29 is 0 Å². The number of rotatable bonds is 10. The molecule has 280 valence electrons. The molecule has 0 saturated heterocycles. The van der Waals surface area contributed by atoms with E-state index in [9.17, 15) is 0 Å². The Kier molecular flexibility index (Phi) is 13.5. The van der Waals surface area contributed by atoms with Gasteiger partial charge in [-0.3, -0.25) is 14.9 Å². The van der Waals surface area contributed by atoms with E-state index in [1.165, 1.54) is 63.0 Å². The number of benzene rings is 4. The number of hydrogen-bond donors (Lipinski definition) is 0. The minimum Gasteiger partial charge on any atom is -0.287 e. The fourth-order valence-corrected chi connectivity index (χ4v) is 16.9. The molecular weight excluding hydrogens is 839 g/mol. The summed E-state index contributed by atoms with van der Waals surface area (Å²) < 4.78 is 8.23. The van der Waals surface area contributed by atoms with E-state index >= 15 is 0 Å². The van der Waals surface area contributed by atoms with Crippen LogP contribution in [0.25, 0.3) is 30.0 Å². The lowest BCUT2D eigenvalue weighted by Crippen LogP contribution is -2.23. The van der Waals surface area contributed by atoms with E-state index in [1.54, 1.807) is 0 Å². The standard InChI is InChI=1S/C45H37N3S8/c1-49-42-43(50-2)54-40(53-42)38-34-13-5-6-14-35(34)39(41-55-44(51-3)45(52-4)56-41)37-25-30(21-22-36(37)38)18-15-29-16-19-31(20-17-29)26-48(27-32-11-7-9-23-46-32)28-33-12-8-10-24-47-33/h5-14,16-17,19-25H,26-28H2,1-4H3. The van der Waals surface area contributed by atoms with Gasteiger partial charge in [-0.1, -0.05) is 113 Å². The Hall–Kier alpha value is -2.76. The topological polar surface area (TPSA) is 29.0 Å². The van der Waals surface area contributed by atoms with Crippen molar-refractivity contribution in [3.8, 4) is 11.8 Å². The van der Waals surface area contributed by atoms with E-state index in [0.717, 1.165) is 42.1 Å². The van der Waals surface area contributed by atoms with Gasteiger partial charge < -0.3 is 0 Å². The maximum Gasteiger partial charge on any atom is 0.0657 e. The SMILES string of the molecule is CSC1=C(SC)SC(=c2c3ccccc3c(=C3SC(SC)=C(SC)S3)c3cc(C#Cc4ccc(CN(Cc5ccccn5)Cc5ccccn5)cc4)ccc23)S1. The van der Waals surface area contributed by atoms with E-state index in [2.05, 4.69) is 131 Å². The molecule has 2 aliphatic rings. The molecule has 2 aliphatic heterocycles. The highest BCUT2D eigenvalue weighted by molar-refractivity contribution is 8.46. The average molecular weight is 876 g/mol. The molecule has 56 heavy (non-hydrogen) atoms. The Morgan fingerprint density at radius 3 is 1.41 bits per heavy atom. The van der Waals surface area contributed by atoms with Crippen molar-refractivity contribution in [2.75, 3.05) is 25.0 Å². The number of aromatic nitrogens is 2. The summed E-state index contributed by atoms with van der Waals surface area (Å²) in [7, 11) is 0. The Balaban J connectivity index is 1.17. The van der Waals surface area contributed by atoms with Gasteiger partial charge in [0.05, 0.1) is 36.8 Å². The molecule has 4 aromatic carbocycles. The maximum absolute atomic E-state index is 4.59. The number of nitrogens with zero attached hydrogens (tertiary/aromatic N) is 3. The van der Waals surface area contributed by atoms with E-state index in [-0.39, 0.29) is 0 Å². The van der Waals surface area contributed by atoms with Crippen molar-refractivity contribution in [2.24, 2.45) is 0 Å². The van der Waals surface area contributed by atoms with Gasteiger partial charge in [-0.2, -0.15) is 0 Å². The second kappa shape index (κ2) is 18.9. The lowest BCUT2D eigenvalue weighted by Gasteiger charge is -2.22. The van der Waals surface area contributed by atoms with Crippen molar-refractivity contribution in [3.05, 3.63) is 171 Å². The molecule has 0 saturated carbocycles. The van der Waals surface area contributed by atoms with Crippen LogP contribution in [0.1, 0.15) is 28.1 Å². The Bertz CT molecular complexity index is 2590. The van der Waals surface area contributed by atoms with Gasteiger partial charge in [0, 0.05) is 53.6 Å². The lowest BCUT2D eigenvalue weighted by atomic mass is 9.97. The van der Waals surface area contributed by atoms with Crippen LogP contribution in [-0.2, 0) is 19.6 Å². The first kappa shape index (κ1) is 40.0. The van der Waals surface area contributed by atoms with Crippen molar-refractivity contribution in [1.82, 2.24) is 14.9 Å². The molecule has 0 atom stereocenters. The quantitative estimate of drug-likeness (QED) is 0.0973. The van der Waals surface area contributed by atoms with Gasteiger partial charge in [0.25, 0.3) is 0 Å². The first-order valence-corrected chi connectivity index (χ1v) is 25.9. The summed E-state index contributed by atoms with van der Waals surface area (Å²) in [4.78, 5) is 11.6. The molecule has 0 spiro atoms. The van der Waals surface area contributed by atoms with Gasteiger partial charge in [-0.25, -0.2) is 0 Å². The third-order valence-corrected chi connectivity index (χ3v) is 19.6. The summed E-state index contributed by atoms with van der Waals surface area (Å²) in [6, 6.07) is 36.7. The van der Waals surface area contributed by atoms with E-state index in [0.29, 0.717) is 0 Å². The zero-order valence-electron chi connectivity index (χ0n) is 31.2. The first-order chi connectivity index (χ1) is 27.5. The molecule has 3 nitrogen and oxygen atoms in total. The second-order valence-corrected chi connectivity index (χ2v) is 21.6. The van der Waals surface area contributed by atoms with Gasteiger partial charge in [0.15, 0.2) is 0 Å². The molecule has 0 unspecified atom stereocenters. The van der Waals surface area contributed by atoms with Crippen LogP contribution in [0.4, 0.5) is 0 Å². The number of pyridine rings is 2. The summed E-state index contributed by atoms with van der Waals surface area (Å²) in [6.07, 6.45) is 12.5. The number of hydrogen-bond acceptors (Lipinski definition) is 11. The molecular formula is C45H37N3S8. The van der Waals surface area contributed by atoms with Gasteiger partial charge in [0.2, 0.25) is 0 Å². The average Bonchev–Trinajstić information content (AvgIpc) is 3.87. The molecule has 6 aromatic rings. The van der Waals surface area contributed by atoms with Gasteiger partial charge in [0.1, 0.15) is 0 Å². The molecule has 8 rings (SSSR count). The zero-order valence-corrected chi connectivity index (χ0v) is 37.7. The Morgan fingerprint density at radius 2 is 0.929 bits per heavy atom. The normalized spacial score (nSPS) is 14.4. The molecule has 0 fully saturated rings. The molecule has 2 aromatic heterocycles. The summed E-state index contributed by atoms with van der Waals surface area (Å²) >= 11 is 15.1. The fourth-order valence-electron chi connectivity index (χ4n) is 6.65. The van der Waals surface area contributed by atoms with Crippen LogP contribution in [0.3, 0.4) is 0 Å². The highest BCUT2D eigenvalue weighted by Crippen LogP contribution is 2.58. The van der Waals surface area contributed by atoms with Crippen LogP contribution < -0.4 is 10.4 Å². The smallest absolute Gasteiger partial charge is 0.0657 e. The lowest BCUT2D eigenvalue weighted by molar-refractivity contribution is 0.241. The predicted molar refractivity (Wildman–Crippen MR) is 260 cm³/mol. The highest BCUT2D eigenvalue weighted by atomic mass is 32.3. The Labute approximate surface area is 363 Å². The summed E-state index contributed by atoms with van der Waals surface area (Å²) in [5.41, 5.74) is 5.33. The summed E-state index contributed by atoms with van der Waals surface area (Å²) in [5.74, 6) is 7.05. The Morgan fingerprint density at radius 1 is 0.482 bits per heavy atom. The molecule has 11 heteroatoms. The van der Waals surface area contributed by atoms with Crippen molar-refractivity contribution in [1.29, 1.82) is 0 Å². The van der Waals surface area contributed by atoms with Crippen LogP contribution in [0.5, 0.6) is 0 Å². The van der Waals surface area contributed by atoms with Crippen molar-refractivity contribution in [3.63, 3.8) is 0 Å². The predicted octanol–water partition coefficient (Wildman–Crippen LogP) is 12.2. The number of fused-ring (bicyclic) bond motifs is 2. The van der Waals surface area contributed by atoms with E-state index in [4.69, 9.17) is 0 Å². The number of thioether (sulfide) groups is 8. The molecule has 0 radical (unpaired) electrons. The minimum absolute atomic E-state index is 0.744. The van der Waals surface area contributed by atoms with Gasteiger partial charge in [-0.15, -0.1) is 47.0 Å². The second-order valence-electron chi connectivity index (χ2n) is 12.7. The maximum atomic E-state index is 4.59. The zero-order chi connectivity index (χ0) is 38.4.